The zero-order valence-electron chi connectivity index (χ0n) is 18.6. The van der Waals surface area contributed by atoms with Gasteiger partial charge in [0.05, 0.1) is 5.69 Å². The number of hydrogen-bond donors (Lipinski definition) is 0. The molecule has 0 amide bonds. The third kappa shape index (κ3) is 4.20. The van der Waals surface area contributed by atoms with Crippen LogP contribution < -0.4 is 19.6 Å². The molecular formula is C23H30FN7O. The maximum atomic E-state index is 14.6. The normalized spacial score (nSPS) is 19.2. The van der Waals surface area contributed by atoms with Gasteiger partial charge in [0.25, 0.3) is 0 Å². The Bertz CT molecular complexity index is 946. The summed E-state index contributed by atoms with van der Waals surface area (Å²) in [7, 11) is 0. The van der Waals surface area contributed by atoms with Crippen LogP contribution in [0.1, 0.15) is 43.0 Å². The van der Waals surface area contributed by atoms with Gasteiger partial charge in [0, 0.05) is 57.9 Å². The van der Waals surface area contributed by atoms with E-state index < -0.39 is 0 Å². The Labute approximate surface area is 188 Å². The Morgan fingerprint density at radius 2 is 1.16 bits per heavy atom. The van der Waals surface area contributed by atoms with E-state index in [0.29, 0.717) is 37.4 Å². The van der Waals surface area contributed by atoms with Crippen LogP contribution in [0.5, 0.6) is 0 Å². The van der Waals surface area contributed by atoms with E-state index in [4.69, 9.17) is 15.0 Å². The number of carbonyl (C=O) groups excluding carboxylic acids is 1. The van der Waals surface area contributed by atoms with Crippen LogP contribution in [0.25, 0.3) is 0 Å². The summed E-state index contributed by atoms with van der Waals surface area (Å²) in [5.74, 6) is 1.80. The quantitative estimate of drug-likeness (QED) is 0.659. The molecule has 0 bridgehead atoms. The van der Waals surface area contributed by atoms with Crippen LogP contribution >= 0.6 is 0 Å². The molecular weight excluding hydrogens is 409 g/mol. The minimum Gasteiger partial charge on any atom is -0.366 e. The van der Waals surface area contributed by atoms with Crippen LogP contribution in [0.15, 0.2) is 18.2 Å². The van der Waals surface area contributed by atoms with Crippen molar-refractivity contribution in [3.63, 3.8) is 0 Å². The average molecular weight is 440 g/mol. The van der Waals surface area contributed by atoms with E-state index in [2.05, 4.69) is 14.7 Å². The first-order valence-corrected chi connectivity index (χ1v) is 11.6. The van der Waals surface area contributed by atoms with E-state index in [1.54, 1.807) is 12.1 Å². The fraction of sp³-hybridized carbons (Fsp3) is 0.565. The smallest absolute Gasteiger partial charge is 0.232 e. The first-order valence-electron chi connectivity index (χ1n) is 11.6. The first-order chi connectivity index (χ1) is 15.6. The van der Waals surface area contributed by atoms with Crippen LogP contribution in [0.3, 0.4) is 0 Å². The highest BCUT2D eigenvalue weighted by molar-refractivity contribution is 5.94. The summed E-state index contributed by atoms with van der Waals surface area (Å²) < 4.78 is 14.6. The predicted octanol–water partition coefficient (Wildman–Crippen LogP) is 2.74. The lowest BCUT2D eigenvalue weighted by atomic mass is 10.1. The molecule has 0 unspecified atom stereocenters. The van der Waals surface area contributed by atoms with Gasteiger partial charge in [0.1, 0.15) is 5.82 Å². The van der Waals surface area contributed by atoms with Crippen molar-refractivity contribution in [2.24, 2.45) is 0 Å². The number of Topliss-reactive ketones (excluding diaryl/α,β-unsaturated/α-hetero) is 1. The van der Waals surface area contributed by atoms with Gasteiger partial charge in [-0.3, -0.25) is 4.79 Å². The summed E-state index contributed by atoms with van der Waals surface area (Å²) in [5.41, 5.74) is 0.944. The topological polar surface area (TPSA) is 68.7 Å². The summed E-state index contributed by atoms with van der Waals surface area (Å²) in [6, 6.07) is 4.74. The van der Waals surface area contributed by atoms with E-state index in [0.717, 1.165) is 44.0 Å². The molecule has 2 aromatic rings. The number of anilines is 4. The van der Waals surface area contributed by atoms with Crippen LogP contribution in [0.2, 0.25) is 0 Å². The summed E-state index contributed by atoms with van der Waals surface area (Å²) in [5, 5.41) is 0. The molecule has 0 radical (unpaired) electrons. The molecule has 5 rings (SSSR count). The van der Waals surface area contributed by atoms with E-state index in [1.165, 1.54) is 38.7 Å². The second-order valence-corrected chi connectivity index (χ2v) is 8.82. The third-order valence-electron chi connectivity index (χ3n) is 6.64. The lowest BCUT2D eigenvalue weighted by molar-refractivity contribution is 0.101. The molecule has 32 heavy (non-hydrogen) atoms. The molecule has 3 aliphatic heterocycles. The Morgan fingerprint density at radius 3 is 1.59 bits per heavy atom. The molecule has 0 N–H and O–H groups in total. The first kappa shape index (κ1) is 20.9. The number of benzene rings is 1. The van der Waals surface area contributed by atoms with Crippen molar-refractivity contribution >= 4 is 29.3 Å². The van der Waals surface area contributed by atoms with Crippen molar-refractivity contribution < 1.29 is 9.18 Å². The zero-order valence-corrected chi connectivity index (χ0v) is 18.6. The number of piperazine rings is 1. The SMILES string of the molecule is CC(=O)c1ccc(N2CCN(c3nc(N4CCCC4)nc(N4CCCC4)n3)CC2)c(F)c1. The predicted molar refractivity (Wildman–Crippen MR) is 124 cm³/mol. The Kier molecular flexibility index (Phi) is 5.80. The van der Waals surface area contributed by atoms with E-state index in [1.807, 2.05) is 4.90 Å². The Balaban J connectivity index is 1.34. The zero-order chi connectivity index (χ0) is 22.1. The number of nitrogens with zero attached hydrogens (tertiary/aromatic N) is 7. The number of halogens is 1. The number of aromatic nitrogens is 3. The molecule has 3 fully saturated rings. The van der Waals surface area contributed by atoms with Gasteiger partial charge in [-0.15, -0.1) is 0 Å². The lowest BCUT2D eigenvalue weighted by Gasteiger charge is -2.36. The second kappa shape index (κ2) is 8.88. The van der Waals surface area contributed by atoms with E-state index in [9.17, 15) is 9.18 Å². The summed E-state index contributed by atoms with van der Waals surface area (Å²) in [6.45, 7) is 8.17. The van der Waals surface area contributed by atoms with Crippen molar-refractivity contribution in [3.8, 4) is 0 Å². The maximum absolute atomic E-state index is 14.6. The van der Waals surface area contributed by atoms with Gasteiger partial charge in [-0.1, -0.05) is 0 Å². The van der Waals surface area contributed by atoms with Gasteiger partial charge in [-0.2, -0.15) is 15.0 Å². The number of hydrogen-bond acceptors (Lipinski definition) is 8. The van der Waals surface area contributed by atoms with Crippen molar-refractivity contribution in [1.29, 1.82) is 0 Å². The molecule has 170 valence electrons. The molecule has 1 aromatic carbocycles. The highest BCUT2D eigenvalue weighted by atomic mass is 19.1. The molecule has 0 atom stereocenters. The molecule has 0 aliphatic carbocycles. The van der Waals surface area contributed by atoms with Crippen molar-refractivity contribution in [2.45, 2.75) is 32.6 Å². The molecule has 8 nitrogen and oxygen atoms in total. The van der Waals surface area contributed by atoms with Crippen molar-refractivity contribution in [2.75, 3.05) is 72.0 Å². The highest BCUT2D eigenvalue weighted by Crippen LogP contribution is 2.27. The minimum atomic E-state index is -0.348. The maximum Gasteiger partial charge on any atom is 0.232 e. The molecule has 3 aliphatic rings. The molecule has 1 aromatic heterocycles. The second-order valence-electron chi connectivity index (χ2n) is 8.82. The molecule has 9 heteroatoms. The summed E-state index contributed by atoms with van der Waals surface area (Å²) in [6.07, 6.45) is 4.69. The summed E-state index contributed by atoms with van der Waals surface area (Å²) >= 11 is 0. The Morgan fingerprint density at radius 1 is 0.719 bits per heavy atom. The largest absolute Gasteiger partial charge is 0.366 e. The Hall–Kier alpha value is -2.97. The van der Waals surface area contributed by atoms with Crippen molar-refractivity contribution in [3.05, 3.63) is 29.6 Å². The molecule has 3 saturated heterocycles. The van der Waals surface area contributed by atoms with Crippen LogP contribution in [0, 0.1) is 5.82 Å². The van der Waals surface area contributed by atoms with Gasteiger partial charge in [0.15, 0.2) is 5.78 Å². The fourth-order valence-electron chi connectivity index (χ4n) is 4.73. The fourth-order valence-corrected chi connectivity index (χ4v) is 4.73. The molecule has 0 saturated carbocycles. The number of ketones is 1. The van der Waals surface area contributed by atoms with E-state index in [-0.39, 0.29) is 11.6 Å². The summed E-state index contributed by atoms with van der Waals surface area (Å²) in [4.78, 5) is 34.7. The minimum absolute atomic E-state index is 0.127. The average Bonchev–Trinajstić information content (AvgIpc) is 3.53. The lowest BCUT2D eigenvalue weighted by Crippen LogP contribution is -2.47. The standard InChI is InChI=1S/C23H30FN7O/c1-17(32)18-6-7-20(19(24)16-18)28-12-14-31(15-13-28)23-26-21(29-8-2-3-9-29)25-22(27-23)30-10-4-5-11-30/h6-7,16H,2-5,8-15H2,1H3. The van der Waals surface area contributed by atoms with Crippen LogP contribution in [-0.2, 0) is 0 Å². The number of carbonyl (C=O) groups is 1. The van der Waals surface area contributed by atoms with Crippen molar-refractivity contribution in [1.82, 2.24) is 15.0 Å². The third-order valence-corrected chi connectivity index (χ3v) is 6.64. The molecule has 4 heterocycles. The van der Waals surface area contributed by atoms with Crippen LogP contribution in [0.4, 0.5) is 27.9 Å². The molecule has 0 spiro atoms. The number of rotatable bonds is 5. The van der Waals surface area contributed by atoms with Gasteiger partial charge < -0.3 is 19.6 Å². The van der Waals surface area contributed by atoms with Gasteiger partial charge in [-0.25, -0.2) is 4.39 Å². The van der Waals surface area contributed by atoms with Gasteiger partial charge in [-0.05, 0) is 50.8 Å². The highest BCUT2D eigenvalue weighted by Gasteiger charge is 2.26. The van der Waals surface area contributed by atoms with Crippen LogP contribution in [-0.4, -0.2) is 73.1 Å². The van der Waals surface area contributed by atoms with Gasteiger partial charge in [0.2, 0.25) is 17.8 Å². The monoisotopic (exact) mass is 439 g/mol. The van der Waals surface area contributed by atoms with Gasteiger partial charge >= 0.3 is 0 Å². The van der Waals surface area contributed by atoms with E-state index >= 15 is 0 Å².